The lowest BCUT2D eigenvalue weighted by molar-refractivity contribution is -0.222. The van der Waals surface area contributed by atoms with Crippen molar-refractivity contribution >= 4 is 35.5 Å². The lowest BCUT2D eigenvalue weighted by Gasteiger charge is -2.34. The molecule has 1 saturated heterocycles. The Morgan fingerprint density at radius 3 is 1.59 bits per heavy atom. The first kappa shape index (κ1) is 45.3. The predicted octanol–water partition coefficient (Wildman–Crippen LogP) is 5.66. The van der Waals surface area contributed by atoms with Gasteiger partial charge in [0.25, 0.3) is 11.7 Å². The molecule has 14 nitrogen and oxygen atoms in total. The minimum atomic E-state index is -3.91. The quantitative estimate of drug-likeness (QED) is 0.105. The average molecular weight is 675 g/mol. The number of carbonyl (C=O) groups excluding carboxylic acids is 1. The Bertz CT molecular complexity index is 883. The molecule has 2 N–H and O–H groups in total. The van der Waals surface area contributed by atoms with Crippen LogP contribution in [0.2, 0.25) is 0 Å². The number of carboxylic acid groups (broad SMARTS) is 1. The maximum atomic E-state index is 12.6. The second-order valence-corrected chi connectivity index (χ2v) is 13.9. The van der Waals surface area contributed by atoms with E-state index in [1.165, 1.54) is 33.1 Å². The van der Waals surface area contributed by atoms with Gasteiger partial charge in [0.1, 0.15) is 0 Å². The zero-order valence-corrected chi connectivity index (χ0v) is 28.1. The van der Waals surface area contributed by atoms with Crippen molar-refractivity contribution in [3.63, 3.8) is 0 Å². The molecule has 1 aliphatic heterocycles. The highest BCUT2D eigenvalue weighted by Crippen LogP contribution is 2.58. The topological polar surface area (TPSA) is 183 Å². The van der Waals surface area contributed by atoms with E-state index in [4.69, 9.17) is 38.2 Å². The van der Waals surface area contributed by atoms with Crippen LogP contribution in [0.1, 0.15) is 99.3 Å². The van der Waals surface area contributed by atoms with Crippen LogP contribution < -0.4 is 0 Å². The first-order valence-electron chi connectivity index (χ1n) is 14.5. The number of ether oxygens (including phenoxy) is 4. The van der Waals surface area contributed by atoms with Crippen molar-refractivity contribution in [2.24, 2.45) is 0 Å². The van der Waals surface area contributed by atoms with E-state index in [9.17, 15) is 18.7 Å². The van der Waals surface area contributed by atoms with Gasteiger partial charge in [0.2, 0.25) is 5.79 Å². The highest BCUT2D eigenvalue weighted by Gasteiger charge is 2.57. The summed E-state index contributed by atoms with van der Waals surface area (Å²) in [6.45, 7) is 6.86. The minimum Gasteiger partial charge on any atom is -0.479 e. The van der Waals surface area contributed by atoms with Crippen LogP contribution in [-0.4, -0.2) is 94.5 Å². The highest BCUT2D eigenvalue weighted by molar-refractivity contribution is 7.55. The summed E-state index contributed by atoms with van der Waals surface area (Å²) in [4.78, 5) is 22.3. The molecule has 1 heterocycles. The van der Waals surface area contributed by atoms with Gasteiger partial charge in [-0.15, -0.1) is 0 Å². The van der Waals surface area contributed by atoms with Crippen LogP contribution in [0.25, 0.3) is 0 Å². The third-order valence-electron chi connectivity index (χ3n) is 6.83. The molecule has 2 unspecified atom stereocenters. The van der Waals surface area contributed by atoms with Crippen molar-refractivity contribution in [2.45, 2.75) is 123 Å². The fourth-order valence-electron chi connectivity index (χ4n) is 4.80. The Morgan fingerprint density at radius 2 is 1.25 bits per heavy atom. The summed E-state index contributed by atoms with van der Waals surface area (Å²) in [5, 5.41) is 17.4. The fourth-order valence-corrected chi connectivity index (χ4v) is 7.85. The molecule has 2 aliphatic carbocycles. The third kappa shape index (κ3) is 13.1. The molecule has 3 fully saturated rings. The normalized spacial score (nSPS) is 21.2. The fraction of sp³-hybridized carbons (Fsp3) is 0.926. The number of carbonyl (C=O) groups is 2. The van der Waals surface area contributed by atoms with Gasteiger partial charge in [-0.3, -0.25) is 9.13 Å². The summed E-state index contributed by atoms with van der Waals surface area (Å²) in [6.07, 6.45) is 10.2. The molecule has 44 heavy (non-hydrogen) atoms. The molecule has 259 valence electrons. The molecular formula is C27H54BO14P2. The SMILES string of the molecule is C.CCOP(=O)(OCC)C(O)C(=O)O.CCOP(=O)(OCC)C1OC2(CCCCC2)OC1=O.COC1(OC)CCCCC1.[B]. The van der Waals surface area contributed by atoms with Crippen molar-refractivity contribution in [3.05, 3.63) is 0 Å². The molecule has 0 aromatic rings. The Morgan fingerprint density at radius 1 is 0.841 bits per heavy atom. The molecule has 3 aliphatic rings. The Hall–Kier alpha value is -0.855. The molecule has 0 aromatic heterocycles. The molecule has 3 radical (unpaired) electrons. The van der Waals surface area contributed by atoms with Crippen LogP contribution in [0.3, 0.4) is 0 Å². The Balaban J connectivity index is 0. The van der Waals surface area contributed by atoms with Gasteiger partial charge >= 0.3 is 27.1 Å². The summed E-state index contributed by atoms with van der Waals surface area (Å²) in [5.74, 6) is -6.77. The van der Waals surface area contributed by atoms with Crippen molar-refractivity contribution in [3.8, 4) is 0 Å². The maximum absolute atomic E-state index is 12.6. The maximum Gasteiger partial charge on any atom is 0.370 e. The zero-order valence-electron chi connectivity index (χ0n) is 26.3. The summed E-state index contributed by atoms with van der Waals surface area (Å²) in [7, 11) is -4.06. The summed E-state index contributed by atoms with van der Waals surface area (Å²) >= 11 is 0. The van der Waals surface area contributed by atoms with E-state index >= 15 is 0 Å². The van der Waals surface area contributed by atoms with Crippen LogP contribution in [0.5, 0.6) is 0 Å². The molecule has 0 amide bonds. The molecule has 1 spiro atoms. The van der Waals surface area contributed by atoms with Crippen LogP contribution in [0, 0.1) is 0 Å². The average Bonchev–Trinajstić information content (AvgIpc) is 3.30. The monoisotopic (exact) mass is 675 g/mol. The lowest BCUT2D eigenvalue weighted by Crippen LogP contribution is -2.35. The van der Waals surface area contributed by atoms with Gasteiger partial charge in [0, 0.05) is 48.3 Å². The van der Waals surface area contributed by atoms with E-state index in [1.54, 1.807) is 28.1 Å². The largest absolute Gasteiger partial charge is 0.479 e. The third-order valence-corrected chi connectivity index (χ3v) is 11.0. The summed E-state index contributed by atoms with van der Waals surface area (Å²) in [6, 6.07) is 0. The highest BCUT2D eigenvalue weighted by atomic mass is 31.2. The number of carboxylic acids is 1. The predicted molar refractivity (Wildman–Crippen MR) is 164 cm³/mol. The van der Waals surface area contributed by atoms with Gasteiger partial charge in [-0.25, -0.2) is 9.59 Å². The number of aliphatic carboxylic acids is 1. The summed E-state index contributed by atoms with van der Waals surface area (Å²) in [5.41, 5.74) is 0. The van der Waals surface area contributed by atoms with Crippen LogP contribution in [-0.2, 0) is 55.8 Å². The molecular weight excluding hydrogens is 621 g/mol. The van der Waals surface area contributed by atoms with E-state index in [2.05, 4.69) is 9.05 Å². The molecule has 0 bridgehead atoms. The Labute approximate surface area is 264 Å². The molecule has 2 saturated carbocycles. The number of aliphatic hydroxyl groups is 1. The van der Waals surface area contributed by atoms with Gasteiger partial charge in [-0.05, 0) is 53.4 Å². The number of methoxy groups -OCH3 is 2. The van der Waals surface area contributed by atoms with E-state index in [0.29, 0.717) is 12.8 Å². The van der Waals surface area contributed by atoms with E-state index in [-0.39, 0.29) is 48.1 Å². The number of esters is 1. The van der Waals surface area contributed by atoms with Gasteiger partial charge < -0.3 is 47.3 Å². The van der Waals surface area contributed by atoms with E-state index < -0.39 is 44.6 Å². The second-order valence-electron chi connectivity index (χ2n) is 9.70. The first-order valence-corrected chi connectivity index (χ1v) is 17.8. The molecule has 17 heteroatoms. The van der Waals surface area contributed by atoms with Crippen LogP contribution in [0.15, 0.2) is 0 Å². The van der Waals surface area contributed by atoms with Gasteiger partial charge in [0.15, 0.2) is 5.79 Å². The van der Waals surface area contributed by atoms with Crippen LogP contribution >= 0.6 is 15.2 Å². The van der Waals surface area contributed by atoms with Crippen LogP contribution in [0.4, 0.5) is 0 Å². The van der Waals surface area contributed by atoms with E-state index in [1.807, 2.05) is 0 Å². The molecule has 3 rings (SSSR count). The smallest absolute Gasteiger partial charge is 0.370 e. The lowest BCUT2D eigenvalue weighted by atomic mass is 9.94. The minimum absolute atomic E-state index is 0. The van der Waals surface area contributed by atoms with Crippen molar-refractivity contribution in [1.29, 1.82) is 0 Å². The van der Waals surface area contributed by atoms with Crippen molar-refractivity contribution < 1.29 is 66.0 Å². The van der Waals surface area contributed by atoms with Gasteiger partial charge in [0.05, 0.1) is 26.4 Å². The first-order chi connectivity index (χ1) is 19.9. The summed E-state index contributed by atoms with van der Waals surface area (Å²) < 4.78 is 65.2. The number of hydrogen-bond donors (Lipinski definition) is 2. The standard InChI is InChI=1S/C12H21O6P.C8H16O2.C6H13O6P.CH4.B/c1-3-15-19(14,16-4-2)11-10(13)17-12(18-11)8-6-5-7-9-12;1-9-8(10-2)6-4-3-5-7-8;1-3-11-13(10,12-4-2)6(9)5(7)8;;/h11H,3-9H2,1-2H3;3-7H2,1-2H3;6,9H,3-4H2,1-2H3,(H,7,8);1H4;. The second kappa shape index (κ2) is 21.8. The molecule has 2 atom stereocenters. The number of hydrogen-bond acceptors (Lipinski definition) is 13. The van der Waals surface area contributed by atoms with Crippen molar-refractivity contribution in [1.82, 2.24) is 0 Å². The number of aliphatic hydroxyl groups excluding tert-OH is 1. The molecule has 0 aromatic carbocycles. The van der Waals surface area contributed by atoms with Gasteiger partial charge in [-0.1, -0.05) is 20.3 Å². The Kier molecular flexibility index (Phi) is 22.5. The van der Waals surface area contributed by atoms with Crippen molar-refractivity contribution in [2.75, 3.05) is 40.6 Å². The van der Waals surface area contributed by atoms with E-state index in [0.717, 1.165) is 32.1 Å². The number of rotatable bonds is 13. The zero-order chi connectivity index (χ0) is 31.9. The van der Waals surface area contributed by atoms with Gasteiger partial charge in [-0.2, -0.15) is 0 Å².